The summed E-state index contributed by atoms with van der Waals surface area (Å²) in [5.41, 5.74) is -0.301. The lowest BCUT2D eigenvalue weighted by Crippen LogP contribution is -3.05. The Kier molecular flexibility index (Phi) is 4.26. The standard InChI is InChI=1S/C15H29NO3/c1-4-13(2,3)12-5-7-15(8-6-12)16-14(9-17,10-18)11-19-15/h12,16-18H,4-11H2,1-3H3/p+1. The molecule has 1 spiro atoms. The minimum atomic E-state index is -0.521. The van der Waals surface area contributed by atoms with Crippen LogP contribution in [0.25, 0.3) is 0 Å². The maximum Gasteiger partial charge on any atom is 0.201 e. The van der Waals surface area contributed by atoms with Crippen LogP contribution in [0.1, 0.15) is 52.9 Å². The number of quaternary nitrogens is 1. The van der Waals surface area contributed by atoms with Gasteiger partial charge in [-0.15, -0.1) is 0 Å². The first-order valence-electron chi connectivity index (χ1n) is 7.64. The summed E-state index contributed by atoms with van der Waals surface area (Å²) in [6.45, 7) is 7.42. The summed E-state index contributed by atoms with van der Waals surface area (Å²) in [7, 11) is 0. The van der Waals surface area contributed by atoms with Crippen LogP contribution in [0.4, 0.5) is 0 Å². The summed E-state index contributed by atoms with van der Waals surface area (Å²) in [6, 6.07) is 0. The molecule has 0 unspecified atom stereocenters. The van der Waals surface area contributed by atoms with Gasteiger partial charge < -0.3 is 20.3 Å². The van der Waals surface area contributed by atoms with Gasteiger partial charge in [0, 0.05) is 12.8 Å². The molecule has 1 heterocycles. The Labute approximate surface area is 116 Å². The number of hydrogen-bond donors (Lipinski definition) is 3. The van der Waals surface area contributed by atoms with Crippen molar-refractivity contribution in [1.82, 2.24) is 0 Å². The molecule has 0 bridgehead atoms. The van der Waals surface area contributed by atoms with Gasteiger partial charge in [0.05, 0.1) is 0 Å². The van der Waals surface area contributed by atoms with Crippen LogP contribution in [0.5, 0.6) is 0 Å². The quantitative estimate of drug-likeness (QED) is 0.703. The van der Waals surface area contributed by atoms with E-state index in [1.165, 1.54) is 19.3 Å². The molecular weight excluding hydrogens is 242 g/mol. The Hall–Kier alpha value is -0.160. The van der Waals surface area contributed by atoms with Gasteiger partial charge in [-0.25, -0.2) is 0 Å². The van der Waals surface area contributed by atoms with Crippen LogP contribution in [0.15, 0.2) is 0 Å². The van der Waals surface area contributed by atoms with Crippen LogP contribution in [-0.4, -0.2) is 41.3 Å². The summed E-state index contributed by atoms with van der Waals surface area (Å²) in [4.78, 5) is 0. The zero-order valence-corrected chi connectivity index (χ0v) is 12.6. The number of rotatable bonds is 4. The van der Waals surface area contributed by atoms with E-state index in [4.69, 9.17) is 4.74 Å². The summed E-state index contributed by atoms with van der Waals surface area (Å²) in [5, 5.41) is 21.1. The molecule has 2 rings (SSSR count). The second-order valence-electron chi connectivity index (χ2n) is 7.29. The van der Waals surface area contributed by atoms with Crippen molar-refractivity contribution >= 4 is 0 Å². The van der Waals surface area contributed by atoms with Gasteiger partial charge in [0.1, 0.15) is 19.8 Å². The maximum atomic E-state index is 9.48. The van der Waals surface area contributed by atoms with Crippen LogP contribution < -0.4 is 5.32 Å². The Morgan fingerprint density at radius 3 is 2.21 bits per heavy atom. The summed E-state index contributed by atoms with van der Waals surface area (Å²) in [6.07, 6.45) is 5.65. The van der Waals surface area contributed by atoms with E-state index in [0.29, 0.717) is 12.0 Å². The lowest BCUT2D eigenvalue weighted by molar-refractivity contribution is -0.791. The SMILES string of the molecule is CCC(C)(C)C1CCC2(CC1)[NH2+]C(CO)(CO)CO2. The predicted octanol–water partition coefficient (Wildman–Crippen LogP) is 0.626. The zero-order chi connectivity index (χ0) is 14.1. The minimum absolute atomic E-state index is 0.0187. The first kappa shape index (κ1) is 15.2. The molecular formula is C15H30NO3+. The Morgan fingerprint density at radius 1 is 1.21 bits per heavy atom. The minimum Gasteiger partial charge on any atom is -0.390 e. The fraction of sp³-hybridized carbons (Fsp3) is 1.00. The molecule has 112 valence electrons. The average molecular weight is 272 g/mol. The highest BCUT2D eigenvalue weighted by atomic mass is 16.5. The highest BCUT2D eigenvalue weighted by molar-refractivity contribution is 4.91. The van der Waals surface area contributed by atoms with E-state index in [-0.39, 0.29) is 18.9 Å². The van der Waals surface area contributed by atoms with E-state index >= 15 is 0 Å². The molecule has 1 saturated carbocycles. The van der Waals surface area contributed by atoms with Crippen molar-refractivity contribution in [3.05, 3.63) is 0 Å². The van der Waals surface area contributed by atoms with Crippen molar-refractivity contribution in [3.8, 4) is 0 Å². The third-order valence-electron chi connectivity index (χ3n) is 5.69. The zero-order valence-electron chi connectivity index (χ0n) is 12.6. The van der Waals surface area contributed by atoms with E-state index in [0.717, 1.165) is 18.8 Å². The number of nitrogens with two attached hydrogens (primary N) is 1. The smallest absolute Gasteiger partial charge is 0.201 e. The lowest BCUT2D eigenvalue weighted by atomic mass is 9.68. The highest BCUT2D eigenvalue weighted by Crippen LogP contribution is 2.43. The van der Waals surface area contributed by atoms with E-state index in [9.17, 15) is 10.2 Å². The molecule has 4 nitrogen and oxygen atoms in total. The van der Waals surface area contributed by atoms with Gasteiger partial charge >= 0.3 is 0 Å². The van der Waals surface area contributed by atoms with Crippen molar-refractivity contribution in [2.24, 2.45) is 11.3 Å². The van der Waals surface area contributed by atoms with Crippen molar-refractivity contribution in [2.45, 2.75) is 64.1 Å². The van der Waals surface area contributed by atoms with Gasteiger partial charge in [-0.2, -0.15) is 0 Å². The molecule has 1 aliphatic heterocycles. The molecule has 4 heteroatoms. The fourth-order valence-corrected chi connectivity index (χ4v) is 3.63. The normalized spacial score (nSPS) is 34.9. The second kappa shape index (κ2) is 5.32. The second-order valence-corrected chi connectivity index (χ2v) is 7.29. The highest BCUT2D eigenvalue weighted by Gasteiger charge is 2.54. The summed E-state index contributed by atoms with van der Waals surface area (Å²) >= 11 is 0. The lowest BCUT2D eigenvalue weighted by Gasteiger charge is -2.41. The number of hydrogen-bond acceptors (Lipinski definition) is 3. The number of aliphatic hydroxyl groups is 2. The molecule has 0 amide bonds. The predicted molar refractivity (Wildman–Crippen MR) is 73.5 cm³/mol. The molecule has 4 N–H and O–H groups in total. The van der Waals surface area contributed by atoms with Crippen molar-refractivity contribution < 1.29 is 20.3 Å². The van der Waals surface area contributed by atoms with Gasteiger partial charge in [-0.05, 0) is 24.2 Å². The Morgan fingerprint density at radius 2 is 1.79 bits per heavy atom. The van der Waals surface area contributed by atoms with Gasteiger partial charge in [0.25, 0.3) is 0 Å². The van der Waals surface area contributed by atoms with Gasteiger partial charge in [0.15, 0.2) is 5.54 Å². The molecule has 19 heavy (non-hydrogen) atoms. The number of aliphatic hydroxyl groups excluding tert-OH is 2. The first-order chi connectivity index (χ1) is 8.91. The van der Waals surface area contributed by atoms with E-state index in [2.05, 4.69) is 26.1 Å². The van der Waals surface area contributed by atoms with E-state index in [1.807, 2.05) is 0 Å². The molecule has 2 aliphatic rings. The van der Waals surface area contributed by atoms with E-state index < -0.39 is 5.54 Å². The molecule has 0 aromatic rings. The molecule has 2 fully saturated rings. The Balaban J connectivity index is 1.97. The van der Waals surface area contributed by atoms with Gasteiger partial charge in [0.2, 0.25) is 5.72 Å². The van der Waals surface area contributed by atoms with Crippen molar-refractivity contribution in [1.29, 1.82) is 0 Å². The van der Waals surface area contributed by atoms with Crippen molar-refractivity contribution in [3.63, 3.8) is 0 Å². The molecule has 0 aromatic carbocycles. The van der Waals surface area contributed by atoms with Crippen LogP contribution in [0, 0.1) is 11.3 Å². The molecule has 0 atom stereocenters. The largest absolute Gasteiger partial charge is 0.390 e. The van der Waals surface area contributed by atoms with Crippen LogP contribution in [-0.2, 0) is 4.74 Å². The van der Waals surface area contributed by atoms with Crippen LogP contribution in [0.2, 0.25) is 0 Å². The van der Waals surface area contributed by atoms with Gasteiger partial charge in [-0.3, -0.25) is 0 Å². The molecule has 0 aromatic heterocycles. The van der Waals surface area contributed by atoms with Crippen molar-refractivity contribution in [2.75, 3.05) is 19.8 Å². The Bertz CT molecular complexity index is 305. The molecule has 1 saturated heterocycles. The summed E-state index contributed by atoms with van der Waals surface area (Å²) in [5.74, 6) is 0.762. The summed E-state index contributed by atoms with van der Waals surface area (Å²) < 4.78 is 6.00. The van der Waals surface area contributed by atoms with Gasteiger partial charge in [-0.1, -0.05) is 27.2 Å². The maximum absolute atomic E-state index is 9.48. The topological polar surface area (TPSA) is 66.3 Å². The third kappa shape index (κ3) is 2.82. The van der Waals surface area contributed by atoms with Crippen LogP contribution in [0.3, 0.4) is 0 Å². The molecule has 0 radical (unpaired) electrons. The van der Waals surface area contributed by atoms with Crippen LogP contribution >= 0.6 is 0 Å². The van der Waals surface area contributed by atoms with E-state index in [1.54, 1.807) is 0 Å². The number of ether oxygens (including phenoxy) is 1. The fourth-order valence-electron chi connectivity index (χ4n) is 3.63. The first-order valence-corrected chi connectivity index (χ1v) is 7.64. The molecule has 1 aliphatic carbocycles. The average Bonchev–Trinajstić information content (AvgIpc) is 2.79. The monoisotopic (exact) mass is 272 g/mol. The third-order valence-corrected chi connectivity index (χ3v) is 5.69.